The molecule has 0 radical (unpaired) electrons. The van der Waals surface area contributed by atoms with Gasteiger partial charge in [0.1, 0.15) is 36.3 Å². The van der Waals surface area contributed by atoms with Crippen molar-refractivity contribution in [3.8, 4) is 0 Å². The number of carbonyl (C=O) groups is 7. The number of benzene rings is 4. The molecule has 74 heavy (non-hydrogen) atoms. The molecule has 392 valence electrons. The van der Waals surface area contributed by atoms with Crippen LogP contribution in [0.15, 0.2) is 122 Å². The van der Waals surface area contributed by atoms with E-state index in [1.807, 2.05) is 54.6 Å². The van der Waals surface area contributed by atoms with Crippen molar-refractivity contribution in [3.05, 3.63) is 144 Å². The summed E-state index contributed by atoms with van der Waals surface area (Å²) in [5.74, 6) is -6.03. The molecule has 0 aliphatic rings. The normalized spacial score (nSPS) is 14.6. The highest BCUT2D eigenvalue weighted by molar-refractivity contribution is 7.80. The van der Waals surface area contributed by atoms with E-state index in [0.717, 1.165) is 27.4 Å². The first-order valence-electron chi connectivity index (χ1n) is 24.6. The van der Waals surface area contributed by atoms with Gasteiger partial charge in [0.25, 0.3) is 0 Å². The number of hydrogen-bond acceptors (Lipinski definition) is 11. The maximum absolute atomic E-state index is 15.0. The zero-order chi connectivity index (χ0) is 53.1. The Morgan fingerprint density at radius 1 is 0.527 bits per heavy atom. The molecule has 0 fully saturated rings. The molecule has 6 rings (SSSR count). The molecule has 4 aromatic carbocycles. The number of aromatic amines is 2. The number of carbonyl (C=O) groups excluding carboxylic acids is 6. The first-order chi connectivity index (χ1) is 35.6. The van der Waals surface area contributed by atoms with Crippen molar-refractivity contribution in [1.82, 2.24) is 41.9 Å². The Hall–Kier alpha value is -7.52. The van der Waals surface area contributed by atoms with E-state index >= 15 is 0 Å². The zero-order valence-corrected chi connectivity index (χ0v) is 42.0. The fraction of sp³-hybridized carbons (Fsp3) is 0.352. The highest BCUT2D eigenvalue weighted by atomic mass is 32.1. The van der Waals surface area contributed by atoms with Crippen LogP contribution < -0.4 is 43.4 Å². The molecule has 0 aliphatic carbocycles. The quantitative estimate of drug-likeness (QED) is 0.0249. The summed E-state index contributed by atoms with van der Waals surface area (Å²) >= 11 is 4.16. The first kappa shape index (κ1) is 55.8. The zero-order valence-electron chi connectivity index (χ0n) is 41.1. The third kappa shape index (κ3) is 15.7. The Morgan fingerprint density at radius 3 is 1.42 bits per heavy atom. The van der Waals surface area contributed by atoms with Crippen LogP contribution in [0.25, 0.3) is 21.8 Å². The summed E-state index contributed by atoms with van der Waals surface area (Å²) in [6.45, 7) is 1.64. The van der Waals surface area contributed by atoms with Gasteiger partial charge < -0.3 is 63.5 Å². The molecule has 2 aromatic heterocycles. The van der Waals surface area contributed by atoms with Gasteiger partial charge in [-0.25, -0.2) is 4.79 Å². The summed E-state index contributed by atoms with van der Waals surface area (Å²) in [4.78, 5) is 104. The number of H-pyrrole nitrogens is 2. The van der Waals surface area contributed by atoms with Crippen LogP contribution in [0.4, 0.5) is 0 Å². The van der Waals surface area contributed by atoms with Crippen LogP contribution in [0.1, 0.15) is 54.9 Å². The number of aliphatic carboxylic acids is 1. The number of nitrogens with one attached hydrogen (secondary N) is 8. The number of rotatable bonds is 28. The number of unbranched alkanes of at least 4 members (excludes halogenated alkanes) is 2. The number of nitrogens with two attached hydrogens (primary N) is 2. The smallest absolute Gasteiger partial charge is 0.326 e. The number of aromatic nitrogens is 2. The van der Waals surface area contributed by atoms with E-state index in [4.69, 9.17) is 11.5 Å². The molecule has 6 amide bonds. The van der Waals surface area contributed by atoms with Gasteiger partial charge in [-0.3, -0.25) is 28.8 Å². The number of carboxylic acid groups (broad SMARTS) is 1. The summed E-state index contributed by atoms with van der Waals surface area (Å²) < 4.78 is 0. The van der Waals surface area contributed by atoms with Crippen LogP contribution in [0.3, 0.4) is 0 Å². The van der Waals surface area contributed by atoms with E-state index in [9.17, 15) is 43.8 Å². The van der Waals surface area contributed by atoms with Gasteiger partial charge in [-0.2, -0.15) is 12.6 Å². The second kappa shape index (κ2) is 27.5. The molecule has 0 spiro atoms. The average Bonchev–Trinajstić information content (AvgIpc) is 4.01. The van der Waals surface area contributed by atoms with Crippen molar-refractivity contribution in [3.63, 3.8) is 0 Å². The van der Waals surface area contributed by atoms with Crippen molar-refractivity contribution in [2.75, 3.05) is 12.3 Å². The van der Waals surface area contributed by atoms with Gasteiger partial charge >= 0.3 is 5.97 Å². The fourth-order valence-electron chi connectivity index (χ4n) is 8.61. The van der Waals surface area contributed by atoms with E-state index in [1.165, 1.54) is 6.92 Å². The maximum Gasteiger partial charge on any atom is 0.326 e. The molecular weight excluding hydrogens is 965 g/mol. The van der Waals surface area contributed by atoms with E-state index in [-0.39, 0.29) is 37.9 Å². The van der Waals surface area contributed by atoms with Gasteiger partial charge in [0.15, 0.2) is 0 Å². The summed E-state index contributed by atoms with van der Waals surface area (Å²) in [6.07, 6.45) is 3.38. The number of thiol groups is 1. The number of aliphatic hydroxyl groups is 1. The molecule has 14 N–H and O–H groups in total. The minimum absolute atomic E-state index is 0.00603. The van der Waals surface area contributed by atoms with Gasteiger partial charge in [-0.05, 0) is 60.7 Å². The molecule has 0 saturated heterocycles. The van der Waals surface area contributed by atoms with Crippen LogP contribution in [-0.2, 0) is 59.2 Å². The maximum atomic E-state index is 15.0. The SMILES string of the molecule is C[C@@H](O)[C@H](NC(=O)[C@H](CCCCCN)NC(=O)[C@@H](Cc1c[nH]c2ccccc12)NC(=O)[C@H](Cc1c[nH]c2ccccc12)NC(=O)[C@H](Cc1ccccc1)NC(=O)[C@@H](N)CS)C(=O)N[C@@H](Cc1ccccc1)C(=O)O. The monoisotopic (exact) mass is 1030 g/mol. The topological polar surface area (TPSA) is 316 Å². The van der Waals surface area contributed by atoms with Crippen molar-refractivity contribution in [2.24, 2.45) is 11.5 Å². The summed E-state index contributed by atoms with van der Waals surface area (Å²) in [6, 6.07) is 23.1. The predicted octanol–water partition coefficient (Wildman–Crippen LogP) is 2.07. The van der Waals surface area contributed by atoms with Gasteiger partial charge in [0.2, 0.25) is 35.4 Å². The Labute approximate surface area is 434 Å². The first-order valence-corrected chi connectivity index (χ1v) is 25.3. The van der Waals surface area contributed by atoms with Crippen molar-refractivity contribution >= 4 is 75.8 Å². The Balaban J connectivity index is 1.30. The van der Waals surface area contributed by atoms with Crippen molar-refractivity contribution in [2.45, 2.75) is 107 Å². The molecule has 0 saturated carbocycles. The van der Waals surface area contributed by atoms with Crippen LogP contribution in [-0.4, -0.2) is 122 Å². The number of carboxylic acids is 1. The van der Waals surface area contributed by atoms with Gasteiger partial charge in [0, 0.05) is 65.6 Å². The van der Waals surface area contributed by atoms with E-state index in [0.29, 0.717) is 42.5 Å². The van der Waals surface area contributed by atoms with Crippen LogP contribution in [0.2, 0.25) is 0 Å². The molecular formula is C54H66N10O9S. The predicted molar refractivity (Wildman–Crippen MR) is 285 cm³/mol. The summed E-state index contributed by atoms with van der Waals surface area (Å²) in [5, 5.41) is 38.6. The number of amides is 6. The second-order valence-corrected chi connectivity index (χ2v) is 18.7. The lowest BCUT2D eigenvalue weighted by Crippen LogP contribution is -2.61. The van der Waals surface area contributed by atoms with Gasteiger partial charge in [-0.1, -0.05) is 110 Å². The molecule has 6 aromatic rings. The van der Waals surface area contributed by atoms with E-state index in [2.05, 4.69) is 54.5 Å². The van der Waals surface area contributed by atoms with Gasteiger partial charge in [0.05, 0.1) is 12.1 Å². The molecule has 0 bridgehead atoms. The lowest BCUT2D eigenvalue weighted by Gasteiger charge is -2.28. The van der Waals surface area contributed by atoms with Crippen LogP contribution >= 0.6 is 12.6 Å². The Bertz CT molecular complexity index is 2840. The van der Waals surface area contributed by atoms with Gasteiger partial charge in [-0.15, -0.1) is 0 Å². The van der Waals surface area contributed by atoms with Crippen molar-refractivity contribution in [1.29, 1.82) is 0 Å². The second-order valence-electron chi connectivity index (χ2n) is 18.3. The van der Waals surface area contributed by atoms with E-state index < -0.39 is 89.8 Å². The lowest BCUT2D eigenvalue weighted by atomic mass is 9.99. The molecule has 0 aliphatic heterocycles. The van der Waals surface area contributed by atoms with E-state index in [1.54, 1.807) is 67.0 Å². The highest BCUT2D eigenvalue weighted by Crippen LogP contribution is 2.22. The highest BCUT2D eigenvalue weighted by Gasteiger charge is 2.36. The van der Waals surface area contributed by atoms with Crippen LogP contribution in [0, 0.1) is 0 Å². The molecule has 20 heteroatoms. The minimum atomic E-state index is -1.64. The van der Waals surface area contributed by atoms with Crippen molar-refractivity contribution < 1.29 is 43.8 Å². The summed E-state index contributed by atoms with van der Waals surface area (Å²) in [7, 11) is 0. The third-order valence-corrected chi connectivity index (χ3v) is 13.1. The fourth-order valence-corrected chi connectivity index (χ4v) is 8.77. The average molecular weight is 1030 g/mol. The Morgan fingerprint density at radius 2 is 0.946 bits per heavy atom. The third-order valence-electron chi connectivity index (χ3n) is 12.7. The number of fused-ring (bicyclic) bond motifs is 2. The standard InChI is InChI=1S/C54H66N10O9S/c1-32(65)47(53(71)63-46(54(72)73)26-34-17-7-3-8-18-34)64-49(67)42(23-9-4-14-24-55)59-51(69)44(27-35-29-57-40-21-12-10-19-37(35)40)62-52(70)45(28-36-30-58-41-22-13-11-20-38(36)41)61-50(68)43(60-48(66)39(56)31-74)25-33-15-5-2-6-16-33/h2-3,5-8,10-13,15-22,29-30,32,39,42-47,57-58,65,74H,4,9,14,23-28,31,55-56H2,1H3,(H,59,69)(H,60,66)(H,61,68)(H,62,70)(H,63,71)(H,64,67)(H,72,73)/t32-,39+,42+,43+,44-,45+,46+,47+/m1/s1. The van der Waals surface area contributed by atoms with Crippen LogP contribution in [0.5, 0.6) is 0 Å². The molecule has 2 heterocycles. The minimum Gasteiger partial charge on any atom is -0.480 e. The largest absolute Gasteiger partial charge is 0.480 e. The number of para-hydroxylation sites is 2. The molecule has 8 atom stereocenters. The Kier molecular flexibility index (Phi) is 20.7. The molecule has 19 nitrogen and oxygen atoms in total. The number of aliphatic hydroxyl groups excluding tert-OH is 1. The number of hydrogen-bond donors (Lipinski definition) is 13. The summed E-state index contributed by atoms with van der Waals surface area (Å²) in [5.41, 5.74) is 16.0. The lowest BCUT2D eigenvalue weighted by molar-refractivity contribution is -0.143. The molecule has 0 unspecified atom stereocenters.